The van der Waals surface area contributed by atoms with Gasteiger partial charge in [-0.15, -0.1) is 0 Å². The van der Waals surface area contributed by atoms with Crippen LogP contribution >= 0.6 is 27.5 Å². The van der Waals surface area contributed by atoms with E-state index in [1.54, 1.807) is 0 Å². The number of aryl methyl sites for hydroxylation is 1. The van der Waals surface area contributed by atoms with E-state index in [-0.39, 0.29) is 6.10 Å². The fourth-order valence-corrected chi connectivity index (χ4v) is 2.39. The molecule has 0 atom stereocenters. The van der Waals surface area contributed by atoms with Gasteiger partial charge >= 0.3 is 0 Å². The summed E-state index contributed by atoms with van der Waals surface area (Å²) < 4.78 is 6.41. The number of nitrogens with one attached hydrogen (secondary N) is 1. The van der Waals surface area contributed by atoms with Gasteiger partial charge in [0.05, 0.1) is 11.8 Å². The molecule has 0 radical (unpaired) electrons. The monoisotopic (exact) mass is 370 g/mol. The van der Waals surface area contributed by atoms with Crippen LogP contribution in [0, 0.1) is 6.92 Å². The summed E-state index contributed by atoms with van der Waals surface area (Å²) in [5, 5.41) is 3.79. The highest BCUT2D eigenvalue weighted by atomic mass is 79.9. The molecule has 0 unspecified atom stereocenters. The van der Waals surface area contributed by atoms with Gasteiger partial charge in [-0.2, -0.15) is 4.98 Å². The number of halogens is 2. The summed E-state index contributed by atoms with van der Waals surface area (Å²) in [5.41, 5.74) is 8.14. The van der Waals surface area contributed by atoms with E-state index >= 15 is 0 Å². The number of hydrogen-bond donors (Lipinski definition) is 2. The van der Waals surface area contributed by atoms with Crippen LogP contribution in [0.25, 0.3) is 0 Å². The second-order valence-electron chi connectivity index (χ2n) is 4.81. The van der Waals surface area contributed by atoms with Gasteiger partial charge < -0.3 is 15.8 Å². The molecule has 1 aromatic heterocycles. The molecule has 3 N–H and O–H groups in total. The maximum atomic E-state index is 6.14. The van der Waals surface area contributed by atoms with Crippen LogP contribution in [-0.4, -0.2) is 16.1 Å². The van der Waals surface area contributed by atoms with Crippen molar-refractivity contribution in [2.75, 3.05) is 11.1 Å². The van der Waals surface area contributed by atoms with E-state index in [0.29, 0.717) is 22.4 Å². The van der Waals surface area contributed by atoms with Gasteiger partial charge in [-0.1, -0.05) is 11.6 Å². The standard InChI is InChI=1S/C14H16BrClN4O/c1-7(2)21-14-12(17)13(18-6-19-14)20-11-5-10(16)8(3)4-9(11)15/h4-7H,17H2,1-3H3,(H,18,19,20). The zero-order chi connectivity index (χ0) is 15.6. The minimum Gasteiger partial charge on any atom is -0.473 e. The lowest BCUT2D eigenvalue weighted by Crippen LogP contribution is -2.11. The lowest BCUT2D eigenvalue weighted by atomic mass is 10.2. The first-order chi connectivity index (χ1) is 9.88. The molecule has 7 heteroatoms. The zero-order valence-corrected chi connectivity index (χ0v) is 14.3. The van der Waals surface area contributed by atoms with Gasteiger partial charge in [-0.25, -0.2) is 4.98 Å². The van der Waals surface area contributed by atoms with E-state index in [0.717, 1.165) is 15.7 Å². The summed E-state index contributed by atoms with van der Waals surface area (Å²) in [6.45, 7) is 5.75. The first-order valence-corrected chi connectivity index (χ1v) is 7.55. The van der Waals surface area contributed by atoms with E-state index in [2.05, 4.69) is 31.2 Å². The lowest BCUT2D eigenvalue weighted by molar-refractivity contribution is 0.234. The summed E-state index contributed by atoms with van der Waals surface area (Å²) in [7, 11) is 0. The van der Waals surface area contributed by atoms with Crippen LogP contribution in [0.2, 0.25) is 5.02 Å². The highest BCUT2D eigenvalue weighted by Crippen LogP contribution is 2.34. The number of ether oxygens (including phenoxy) is 1. The number of hydrogen-bond acceptors (Lipinski definition) is 5. The Morgan fingerprint density at radius 3 is 2.71 bits per heavy atom. The van der Waals surface area contributed by atoms with E-state index in [9.17, 15) is 0 Å². The molecule has 0 aliphatic heterocycles. The molecule has 0 aliphatic carbocycles. The molecule has 0 bridgehead atoms. The number of rotatable bonds is 4. The van der Waals surface area contributed by atoms with Crippen molar-refractivity contribution in [2.45, 2.75) is 26.9 Å². The van der Waals surface area contributed by atoms with Crippen LogP contribution in [0.3, 0.4) is 0 Å². The molecule has 0 amide bonds. The summed E-state index contributed by atoms with van der Waals surface area (Å²) in [5.74, 6) is 0.832. The molecule has 1 heterocycles. The number of anilines is 3. The van der Waals surface area contributed by atoms with Gasteiger partial charge in [0.1, 0.15) is 12.0 Å². The van der Waals surface area contributed by atoms with Crippen molar-refractivity contribution in [2.24, 2.45) is 0 Å². The van der Waals surface area contributed by atoms with Crippen LogP contribution in [0.4, 0.5) is 17.2 Å². The molecule has 112 valence electrons. The van der Waals surface area contributed by atoms with Crippen LogP contribution < -0.4 is 15.8 Å². The first kappa shape index (κ1) is 15.9. The van der Waals surface area contributed by atoms with Crippen molar-refractivity contribution in [1.82, 2.24) is 9.97 Å². The Labute approximate surface area is 137 Å². The molecule has 5 nitrogen and oxygen atoms in total. The van der Waals surface area contributed by atoms with Crippen LogP contribution in [0.15, 0.2) is 22.9 Å². The quantitative estimate of drug-likeness (QED) is 0.837. The normalized spacial score (nSPS) is 10.8. The van der Waals surface area contributed by atoms with Crippen molar-refractivity contribution < 1.29 is 4.74 Å². The molecule has 0 saturated carbocycles. The van der Waals surface area contributed by atoms with E-state index in [1.807, 2.05) is 32.9 Å². The zero-order valence-electron chi connectivity index (χ0n) is 11.9. The molecule has 2 aromatic rings. The van der Waals surface area contributed by atoms with Gasteiger partial charge in [0.25, 0.3) is 0 Å². The minimum absolute atomic E-state index is 0.0180. The molecule has 0 spiro atoms. The molecular weight excluding hydrogens is 356 g/mol. The predicted molar refractivity (Wildman–Crippen MR) is 89.4 cm³/mol. The highest BCUT2D eigenvalue weighted by Gasteiger charge is 2.12. The minimum atomic E-state index is -0.0180. The average molecular weight is 372 g/mol. The Kier molecular flexibility index (Phi) is 4.90. The third kappa shape index (κ3) is 3.77. The second-order valence-corrected chi connectivity index (χ2v) is 6.08. The number of nitrogen functional groups attached to an aromatic ring is 1. The van der Waals surface area contributed by atoms with Gasteiger partial charge in [0, 0.05) is 9.50 Å². The largest absolute Gasteiger partial charge is 0.473 e. The predicted octanol–water partition coefficient (Wildman–Crippen LogP) is 4.31. The molecular formula is C14H16BrClN4O. The van der Waals surface area contributed by atoms with E-state index < -0.39 is 0 Å². The van der Waals surface area contributed by atoms with Crippen LogP contribution in [0.1, 0.15) is 19.4 Å². The number of benzene rings is 1. The van der Waals surface area contributed by atoms with Gasteiger partial charge in [0.2, 0.25) is 5.88 Å². The number of nitrogens with two attached hydrogens (primary N) is 1. The SMILES string of the molecule is Cc1cc(Br)c(Nc2ncnc(OC(C)C)c2N)cc1Cl. The third-order valence-corrected chi connectivity index (χ3v) is 3.76. The molecule has 1 aromatic carbocycles. The summed E-state index contributed by atoms with van der Waals surface area (Å²) in [6, 6.07) is 3.74. The van der Waals surface area contributed by atoms with Crippen molar-refractivity contribution in [1.29, 1.82) is 0 Å². The van der Waals surface area contributed by atoms with Gasteiger partial charge in [-0.05, 0) is 54.4 Å². The molecule has 21 heavy (non-hydrogen) atoms. The number of aromatic nitrogens is 2. The summed E-state index contributed by atoms with van der Waals surface area (Å²) in [4.78, 5) is 8.18. The van der Waals surface area contributed by atoms with E-state index in [1.165, 1.54) is 6.33 Å². The smallest absolute Gasteiger partial charge is 0.242 e. The van der Waals surface area contributed by atoms with Crippen LogP contribution in [0.5, 0.6) is 5.88 Å². The van der Waals surface area contributed by atoms with Gasteiger partial charge in [0.15, 0.2) is 5.82 Å². The lowest BCUT2D eigenvalue weighted by Gasteiger charge is -2.15. The van der Waals surface area contributed by atoms with Crippen molar-refractivity contribution >= 4 is 44.7 Å². The highest BCUT2D eigenvalue weighted by molar-refractivity contribution is 9.10. The Morgan fingerprint density at radius 2 is 2.05 bits per heavy atom. The Bertz CT molecular complexity index is 664. The summed E-state index contributed by atoms with van der Waals surface area (Å²) in [6.07, 6.45) is 1.38. The molecule has 0 aliphatic rings. The van der Waals surface area contributed by atoms with E-state index in [4.69, 9.17) is 22.1 Å². The maximum absolute atomic E-state index is 6.14. The fourth-order valence-electron chi connectivity index (χ4n) is 1.67. The number of nitrogens with zero attached hydrogens (tertiary/aromatic N) is 2. The topological polar surface area (TPSA) is 73.1 Å². The third-order valence-electron chi connectivity index (χ3n) is 2.70. The first-order valence-electron chi connectivity index (χ1n) is 6.38. The fraction of sp³-hybridized carbons (Fsp3) is 0.286. The Balaban J connectivity index is 2.34. The Morgan fingerprint density at radius 1 is 1.33 bits per heavy atom. The summed E-state index contributed by atoms with van der Waals surface area (Å²) >= 11 is 9.63. The molecule has 0 saturated heterocycles. The second kappa shape index (κ2) is 6.49. The maximum Gasteiger partial charge on any atom is 0.242 e. The Hall–Kier alpha value is -1.53. The van der Waals surface area contributed by atoms with Crippen LogP contribution in [-0.2, 0) is 0 Å². The average Bonchev–Trinajstić information content (AvgIpc) is 2.40. The van der Waals surface area contributed by atoms with Crippen molar-refractivity contribution in [3.63, 3.8) is 0 Å². The molecule has 0 fully saturated rings. The van der Waals surface area contributed by atoms with Crippen molar-refractivity contribution in [3.8, 4) is 5.88 Å². The van der Waals surface area contributed by atoms with Crippen molar-refractivity contribution in [3.05, 3.63) is 33.5 Å². The van der Waals surface area contributed by atoms with Gasteiger partial charge in [-0.3, -0.25) is 0 Å². The molecule has 2 rings (SSSR count).